The van der Waals surface area contributed by atoms with E-state index in [9.17, 15) is 8.42 Å². The summed E-state index contributed by atoms with van der Waals surface area (Å²) in [5.74, 6) is 0. The summed E-state index contributed by atoms with van der Waals surface area (Å²) in [6.07, 6.45) is 2.02. The number of likely N-dealkylation sites (N-methyl/N-ethyl adjacent to an activating group) is 1. The Labute approximate surface area is 130 Å². The zero-order chi connectivity index (χ0) is 15.5. The second-order valence-electron chi connectivity index (χ2n) is 5.01. The lowest BCUT2D eigenvalue weighted by Gasteiger charge is -2.17. The molecule has 0 aliphatic carbocycles. The standard InChI is InChI=1S/C16H18ClNO2S/c1-18-16(11-12-3-7-14(17)8-4-12)13-5-9-15(10-6-13)21(2,19)20/h3-10,16,18H,11H2,1-2H3. The fourth-order valence-corrected chi connectivity index (χ4v) is 2.95. The minimum absolute atomic E-state index is 0.125. The van der Waals surface area contributed by atoms with Gasteiger partial charge in [-0.3, -0.25) is 0 Å². The molecule has 0 aliphatic heterocycles. The van der Waals surface area contributed by atoms with Gasteiger partial charge in [-0.2, -0.15) is 0 Å². The number of nitrogens with one attached hydrogen (secondary N) is 1. The third kappa shape index (κ3) is 4.30. The highest BCUT2D eigenvalue weighted by Gasteiger charge is 2.12. The predicted molar refractivity (Wildman–Crippen MR) is 86.5 cm³/mol. The highest BCUT2D eigenvalue weighted by molar-refractivity contribution is 7.90. The Balaban J connectivity index is 2.19. The minimum Gasteiger partial charge on any atom is -0.313 e. The fourth-order valence-electron chi connectivity index (χ4n) is 2.19. The van der Waals surface area contributed by atoms with Crippen molar-refractivity contribution in [2.75, 3.05) is 13.3 Å². The van der Waals surface area contributed by atoms with E-state index in [2.05, 4.69) is 5.32 Å². The van der Waals surface area contributed by atoms with Gasteiger partial charge in [-0.15, -0.1) is 0 Å². The van der Waals surface area contributed by atoms with Gasteiger partial charge in [0.1, 0.15) is 0 Å². The lowest BCUT2D eigenvalue weighted by atomic mass is 9.99. The van der Waals surface area contributed by atoms with Crippen molar-refractivity contribution in [3.8, 4) is 0 Å². The van der Waals surface area contributed by atoms with Crippen LogP contribution in [-0.2, 0) is 16.3 Å². The van der Waals surface area contributed by atoms with Crippen LogP contribution in [0.25, 0.3) is 0 Å². The number of sulfone groups is 1. The first-order chi connectivity index (χ1) is 9.90. The van der Waals surface area contributed by atoms with Crippen molar-refractivity contribution in [2.24, 2.45) is 0 Å². The van der Waals surface area contributed by atoms with Crippen molar-refractivity contribution in [2.45, 2.75) is 17.4 Å². The van der Waals surface area contributed by atoms with E-state index in [1.807, 2.05) is 43.4 Å². The third-order valence-electron chi connectivity index (χ3n) is 3.41. The van der Waals surface area contributed by atoms with E-state index < -0.39 is 9.84 Å². The van der Waals surface area contributed by atoms with Gasteiger partial charge in [-0.05, 0) is 48.9 Å². The molecule has 0 amide bonds. The molecule has 0 saturated heterocycles. The highest BCUT2D eigenvalue weighted by Crippen LogP contribution is 2.21. The fraction of sp³-hybridized carbons (Fsp3) is 0.250. The van der Waals surface area contributed by atoms with Gasteiger partial charge in [0.05, 0.1) is 4.90 Å². The topological polar surface area (TPSA) is 46.2 Å². The summed E-state index contributed by atoms with van der Waals surface area (Å²) in [5, 5.41) is 3.98. The van der Waals surface area contributed by atoms with Crippen LogP contribution in [0.4, 0.5) is 0 Å². The number of halogens is 1. The summed E-state index contributed by atoms with van der Waals surface area (Å²) in [4.78, 5) is 0.340. The average molecular weight is 324 g/mol. The van der Waals surface area contributed by atoms with Crippen LogP contribution in [0.15, 0.2) is 53.4 Å². The Morgan fingerprint density at radius 1 is 1.05 bits per heavy atom. The molecule has 112 valence electrons. The van der Waals surface area contributed by atoms with Crippen molar-refractivity contribution in [3.05, 3.63) is 64.7 Å². The molecule has 21 heavy (non-hydrogen) atoms. The Hall–Kier alpha value is -1.36. The molecule has 1 N–H and O–H groups in total. The molecule has 2 rings (SSSR count). The van der Waals surface area contributed by atoms with Crippen molar-refractivity contribution >= 4 is 21.4 Å². The van der Waals surface area contributed by atoms with Gasteiger partial charge >= 0.3 is 0 Å². The van der Waals surface area contributed by atoms with E-state index in [-0.39, 0.29) is 6.04 Å². The van der Waals surface area contributed by atoms with Crippen LogP contribution in [0.5, 0.6) is 0 Å². The highest BCUT2D eigenvalue weighted by atomic mass is 35.5. The molecule has 0 bridgehead atoms. The summed E-state index contributed by atoms with van der Waals surface area (Å²) < 4.78 is 23.0. The molecule has 0 fully saturated rings. The van der Waals surface area contributed by atoms with E-state index in [1.54, 1.807) is 12.1 Å². The number of rotatable bonds is 5. The minimum atomic E-state index is -3.15. The molecule has 0 aromatic heterocycles. The molecule has 2 aromatic carbocycles. The monoisotopic (exact) mass is 323 g/mol. The first kappa shape index (κ1) is 16.0. The van der Waals surface area contributed by atoms with Gasteiger partial charge in [-0.25, -0.2) is 8.42 Å². The van der Waals surface area contributed by atoms with Crippen molar-refractivity contribution in [1.82, 2.24) is 5.32 Å². The van der Waals surface area contributed by atoms with E-state index in [0.717, 1.165) is 17.0 Å². The molecule has 3 nitrogen and oxygen atoms in total. The molecule has 0 heterocycles. The normalized spacial score (nSPS) is 13.1. The van der Waals surface area contributed by atoms with Gasteiger partial charge in [-0.1, -0.05) is 35.9 Å². The van der Waals surface area contributed by atoms with Gasteiger partial charge in [0, 0.05) is 17.3 Å². The molecule has 5 heteroatoms. The summed E-state index contributed by atoms with van der Waals surface area (Å²) >= 11 is 5.89. The van der Waals surface area contributed by atoms with E-state index in [1.165, 1.54) is 11.8 Å². The maximum absolute atomic E-state index is 11.5. The summed E-state index contributed by atoms with van der Waals surface area (Å²) in [6, 6.07) is 14.9. The van der Waals surface area contributed by atoms with E-state index >= 15 is 0 Å². The van der Waals surface area contributed by atoms with Crippen LogP contribution in [-0.4, -0.2) is 21.7 Å². The van der Waals surface area contributed by atoms with Crippen LogP contribution >= 0.6 is 11.6 Å². The quantitative estimate of drug-likeness (QED) is 0.918. The third-order valence-corrected chi connectivity index (χ3v) is 4.79. The van der Waals surface area contributed by atoms with Gasteiger partial charge in [0.2, 0.25) is 0 Å². The summed E-state index contributed by atoms with van der Waals surface area (Å²) in [6.45, 7) is 0. The zero-order valence-electron chi connectivity index (χ0n) is 12.0. The van der Waals surface area contributed by atoms with Crippen molar-refractivity contribution in [3.63, 3.8) is 0 Å². The number of hydrogen-bond acceptors (Lipinski definition) is 3. The molecule has 2 aromatic rings. The smallest absolute Gasteiger partial charge is 0.175 e. The Morgan fingerprint density at radius 2 is 1.62 bits per heavy atom. The summed E-state index contributed by atoms with van der Waals surface area (Å²) in [5.41, 5.74) is 2.23. The second kappa shape index (κ2) is 6.60. The number of hydrogen-bond donors (Lipinski definition) is 1. The first-order valence-corrected chi connectivity index (χ1v) is 8.89. The average Bonchev–Trinajstić information content (AvgIpc) is 2.46. The predicted octanol–water partition coefficient (Wildman–Crippen LogP) is 3.25. The maximum Gasteiger partial charge on any atom is 0.175 e. The Bertz CT molecular complexity index is 694. The van der Waals surface area contributed by atoms with Gasteiger partial charge in [0.15, 0.2) is 9.84 Å². The zero-order valence-corrected chi connectivity index (χ0v) is 13.6. The molecule has 0 aliphatic rings. The van der Waals surface area contributed by atoms with Crippen LogP contribution in [0, 0.1) is 0 Å². The molecule has 0 saturated carbocycles. The molecular formula is C16H18ClNO2S. The van der Waals surface area contributed by atoms with E-state index in [0.29, 0.717) is 4.90 Å². The van der Waals surface area contributed by atoms with Crippen molar-refractivity contribution < 1.29 is 8.42 Å². The van der Waals surface area contributed by atoms with Gasteiger partial charge < -0.3 is 5.32 Å². The van der Waals surface area contributed by atoms with Crippen LogP contribution in [0.2, 0.25) is 5.02 Å². The molecule has 0 spiro atoms. The Kier molecular flexibility index (Phi) is 5.04. The molecule has 1 atom stereocenters. The molecular weight excluding hydrogens is 306 g/mol. The van der Waals surface area contributed by atoms with Crippen LogP contribution in [0.3, 0.4) is 0 Å². The largest absolute Gasteiger partial charge is 0.313 e. The van der Waals surface area contributed by atoms with Crippen LogP contribution in [0.1, 0.15) is 17.2 Å². The first-order valence-electron chi connectivity index (χ1n) is 6.62. The second-order valence-corrected chi connectivity index (χ2v) is 7.47. The maximum atomic E-state index is 11.5. The number of benzene rings is 2. The summed E-state index contributed by atoms with van der Waals surface area (Å²) in [7, 11) is -1.26. The Morgan fingerprint density at radius 3 is 2.10 bits per heavy atom. The lowest BCUT2D eigenvalue weighted by molar-refractivity contribution is 0.590. The SMILES string of the molecule is CNC(Cc1ccc(Cl)cc1)c1ccc(S(C)(=O)=O)cc1. The molecule has 1 unspecified atom stereocenters. The molecule has 0 radical (unpaired) electrons. The van der Waals surface area contributed by atoms with Crippen molar-refractivity contribution in [1.29, 1.82) is 0 Å². The van der Waals surface area contributed by atoms with Gasteiger partial charge in [0.25, 0.3) is 0 Å². The van der Waals surface area contributed by atoms with Crippen LogP contribution < -0.4 is 5.32 Å². The van der Waals surface area contributed by atoms with E-state index in [4.69, 9.17) is 11.6 Å². The lowest BCUT2D eigenvalue weighted by Crippen LogP contribution is -2.18.